The largest absolute Gasteiger partial charge is 0.480 e. The van der Waals surface area contributed by atoms with Crippen molar-refractivity contribution in [3.8, 4) is 0 Å². The highest BCUT2D eigenvalue weighted by molar-refractivity contribution is 5.82. The maximum atomic E-state index is 12.2. The van der Waals surface area contributed by atoms with Crippen molar-refractivity contribution in [3.05, 3.63) is 0 Å². The monoisotopic (exact) mass is 270 g/mol. The number of amides is 1. The molecular formula is C13H22N2O4. The molecule has 2 aliphatic rings. The van der Waals surface area contributed by atoms with Crippen LogP contribution in [0.15, 0.2) is 0 Å². The Kier molecular flexibility index (Phi) is 4.42. The van der Waals surface area contributed by atoms with E-state index in [2.05, 4.69) is 5.32 Å². The van der Waals surface area contributed by atoms with Gasteiger partial charge in [-0.05, 0) is 19.8 Å². The van der Waals surface area contributed by atoms with E-state index in [-0.39, 0.29) is 30.7 Å². The molecule has 2 N–H and O–H groups in total. The van der Waals surface area contributed by atoms with Gasteiger partial charge in [-0.3, -0.25) is 9.59 Å². The van der Waals surface area contributed by atoms with Crippen LogP contribution in [0, 0.1) is 0 Å². The highest BCUT2D eigenvalue weighted by atomic mass is 16.5. The molecule has 108 valence electrons. The summed E-state index contributed by atoms with van der Waals surface area (Å²) in [4.78, 5) is 24.5. The van der Waals surface area contributed by atoms with Crippen LogP contribution in [0.5, 0.6) is 0 Å². The van der Waals surface area contributed by atoms with Gasteiger partial charge in [0.25, 0.3) is 0 Å². The standard InChI is InChI=1S/C13H22N2O4/c1-13(8-14-9-13)19-7-11(16)15(6-12(17)18)10-4-2-3-5-10/h10,14H,2-9H2,1H3,(H,17,18). The molecule has 0 spiro atoms. The van der Waals surface area contributed by atoms with Crippen LogP contribution in [0.25, 0.3) is 0 Å². The topological polar surface area (TPSA) is 78.9 Å². The Morgan fingerprint density at radius 3 is 2.47 bits per heavy atom. The molecule has 0 bridgehead atoms. The number of carbonyl (C=O) groups excluding carboxylic acids is 1. The predicted molar refractivity (Wildman–Crippen MR) is 68.8 cm³/mol. The summed E-state index contributed by atoms with van der Waals surface area (Å²) in [6.07, 6.45) is 3.93. The zero-order valence-electron chi connectivity index (χ0n) is 11.4. The molecule has 6 heteroatoms. The van der Waals surface area contributed by atoms with Gasteiger partial charge in [-0.2, -0.15) is 0 Å². The zero-order chi connectivity index (χ0) is 13.9. The van der Waals surface area contributed by atoms with Crippen LogP contribution in [-0.2, 0) is 14.3 Å². The lowest BCUT2D eigenvalue weighted by Gasteiger charge is -2.39. The number of carbonyl (C=O) groups is 2. The average molecular weight is 270 g/mol. The molecule has 2 fully saturated rings. The van der Waals surface area contributed by atoms with E-state index in [4.69, 9.17) is 9.84 Å². The van der Waals surface area contributed by atoms with Gasteiger partial charge in [-0.1, -0.05) is 12.8 Å². The van der Waals surface area contributed by atoms with Gasteiger partial charge in [0.15, 0.2) is 0 Å². The number of hydrogen-bond acceptors (Lipinski definition) is 4. The van der Waals surface area contributed by atoms with E-state index in [1.165, 1.54) is 4.90 Å². The van der Waals surface area contributed by atoms with E-state index in [1.54, 1.807) is 0 Å². The van der Waals surface area contributed by atoms with Crippen molar-refractivity contribution in [2.45, 2.75) is 44.2 Å². The van der Waals surface area contributed by atoms with Gasteiger partial charge in [0.1, 0.15) is 13.2 Å². The fraction of sp³-hybridized carbons (Fsp3) is 0.846. The lowest BCUT2D eigenvalue weighted by molar-refractivity contribution is -0.154. The smallest absolute Gasteiger partial charge is 0.323 e. The van der Waals surface area contributed by atoms with Crippen LogP contribution in [0.4, 0.5) is 0 Å². The van der Waals surface area contributed by atoms with Crippen molar-refractivity contribution in [3.63, 3.8) is 0 Å². The van der Waals surface area contributed by atoms with E-state index < -0.39 is 5.97 Å². The molecule has 1 amide bonds. The summed E-state index contributed by atoms with van der Waals surface area (Å²) in [6.45, 7) is 3.18. The van der Waals surface area contributed by atoms with Crippen molar-refractivity contribution in [2.24, 2.45) is 0 Å². The minimum atomic E-state index is -0.961. The minimum Gasteiger partial charge on any atom is -0.480 e. The molecule has 0 unspecified atom stereocenters. The number of rotatable bonds is 6. The van der Waals surface area contributed by atoms with Crippen molar-refractivity contribution < 1.29 is 19.4 Å². The van der Waals surface area contributed by atoms with Gasteiger partial charge in [0.05, 0.1) is 5.60 Å². The summed E-state index contributed by atoms with van der Waals surface area (Å²) in [7, 11) is 0. The fourth-order valence-corrected chi connectivity index (χ4v) is 2.68. The summed E-state index contributed by atoms with van der Waals surface area (Å²) in [5.41, 5.74) is -0.278. The number of carboxylic acids is 1. The van der Waals surface area contributed by atoms with Gasteiger partial charge >= 0.3 is 5.97 Å². The van der Waals surface area contributed by atoms with Gasteiger partial charge in [0.2, 0.25) is 5.91 Å². The Bertz CT molecular complexity index is 349. The molecule has 0 aromatic carbocycles. The molecule has 0 aromatic rings. The first-order valence-corrected chi connectivity index (χ1v) is 6.86. The molecule has 1 saturated heterocycles. The van der Waals surface area contributed by atoms with E-state index in [0.717, 1.165) is 38.8 Å². The second-order valence-corrected chi connectivity index (χ2v) is 5.70. The van der Waals surface area contributed by atoms with Crippen molar-refractivity contribution in [1.29, 1.82) is 0 Å². The Morgan fingerprint density at radius 1 is 1.37 bits per heavy atom. The molecule has 6 nitrogen and oxygen atoms in total. The number of nitrogens with zero attached hydrogens (tertiary/aromatic N) is 1. The molecule has 2 rings (SSSR count). The molecule has 19 heavy (non-hydrogen) atoms. The number of ether oxygens (including phenoxy) is 1. The summed E-state index contributed by atoms with van der Waals surface area (Å²) in [5, 5.41) is 12.0. The third kappa shape index (κ3) is 3.67. The maximum Gasteiger partial charge on any atom is 0.323 e. The maximum absolute atomic E-state index is 12.2. The van der Waals surface area contributed by atoms with E-state index in [0.29, 0.717) is 0 Å². The summed E-state index contributed by atoms with van der Waals surface area (Å²) in [5.74, 6) is -1.17. The Balaban J connectivity index is 1.88. The Labute approximate surface area is 113 Å². The van der Waals surface area contributed by atoms with Crippen molar-refractivity contribution >= 4 is 11.9 Å². The second-order valence-electron chi connectivity index (χ2n) is 5.70. The number of carboxylic acid groups (broad SMARTS) is 1. The van der Waals surface area contributed by atoms with E-state index >= 15 is 0 Å². The predicted octanol–water partition coefficient (Wildman–Crippen LogP) is 0.221. The average Bonchev–Trinajstić information content (AvgIpc) is 2.84. The normalized spacial score (nSPS) is 21.9. The quantitative estimate of drug-likeness (QED) is 0.722. The lowest BCUT2D eigenvalue weighted by atomic mass is 10.0. The van der Waals surface area contributed by atoms with Crippen molar-refractivity contribution in [1.82, 2.24) is 10.2 Å². The minimum absolute atomic E-state index is 0.0258. The fourth-order valence-electron chi connectivity index (χ4n) is 2.68. The molecule has 1 saturated carbocycles. The molecule has 1 heterocycles. The SMILES string of the molecule is CC1(OCC(=O)N(CC(=O)O)C2CCCC2)CNC1. The van der Waals surface area contributed by atoms with Gasteiger partial charge in [0, 0.05) is 19.1 Å². The van der Waals surface area contributed by atoms with Crippen LogP contribution in [0.3, 0.4) is 0 Å². The Morgan fingerprint density at radius 2 is 2.00 bits per heavy atom. The first-order valence-electron chi connectivity index (χ1n) is 6.86. The molecular weight excluding hydrogens is 248 g/mol. The van der Waals surface area contributed by atoms with Crippen LogP contribution in [0.1, 0.15) is 32.6 Å². The molecule has 1 aliphatic carbocycles. The molecule has 1 aliphatic heterocycles. The molecule has 0 aromatic heterocycles. The third-order valence-corrected chi connectivity index (χ3v) is 3.93. The number of nitrogens with one attached hydrogen (secondary N) is 1. The third-order valence-electron chi connectivity index (χ3n) is 3.93. The Hall–Kier alpha value is -1.14. The van der Waals surface area contributed by atoms with Gasteiger partial charge < -0.3 is 20.1 Å². The zero-order valence-corrected chi connectivity index (χ0v) is 11.4. The number of aliphatic carboxylic acids is 1. The van der Waals surface area contributed by atoms with Crippen LogP contribution < -0.4 is 5.32 Å². The first-order chi connectivity index (χ1) is 9.00. The van der Waals surface area contributed by atoms with Crippen LogP contribution >= 0.6 is 0 Å². The van der Waals surface area contributed by atoms with Gasteiger partial charge in [-0.15, -0.1) is 0 Å². The van der Waals surface area contributed by atoms with Crippen LogP contribution in [0.2, 0.25) is 0 Å². The van der Waals surface area contributed by atoms with E-state index in [9.17, 15) is 9.59 Å². The summed E-state index contributed by atoms with van der Waals surface area (Å²) >= 11 is 0. The highest BCUT2D eigenvalue weighted by Gasteiger charge is 2.35. The molecule has 0 radical (unpaired) electrons. The summed E-state index contributed by atoms with van der Waals surface area (Å²) < 4.78 is 5.60. The van der Waals surface area contributed by atoms with Crippen LogP contribution in [-0.4, -0.2) is 59.8 Å². The van der Waals surface area contributed by atoms with E-state index in [1.807, 2.05) is 6.92 Å². The van der Waals surface area contributed by atoms with Gasteiger partial charge in [-0.25, -0.2) is 0 Å². The lowest BCUT2D eigenvalue weighted by Crippen LogP contribution is -2.60. The second kappa shape index (κ2) is 5.88. The highest BCUT2D eigenvalue weighted by Crippen LogP contribution is 2.24. The van der Waals surface area contributed by atoms with Crippen molar-refractivity contribution in [2.75, 3.05) is 26.2 Å². The molecule has 0 atom stereocenters. The first kappa shape index (κ1) is 14.3. The summed E-state index contributed by atoms with van der Waals surface area (Å²) in [6, 6.07) is 0.0690. The number of hydrogen-bond donors (Lipinski definition) is 2.